The number of nitrogens with one attached hydrogen (secondary N) is 1. The molecule has 3 N–H and O–H groups in total. The first kappa shape index (κ1) is 19.6. The number of piperidine rings is 1. The van der Waals surface area contributed by atoms with E-state index in [9.17, 15) is 8.42 Å². The standard InChI is InChI=1S/C19H26N4O3S/c1-23-12-4-5-15(18(23)14-7-9-16(26-2)10-8-14)13-22-19-17(27(20,24)25)6-3-11-21-19/h3,6-11,15,18H,4-5,12-13H2,1-2H3,(H,21,22)(H2,20,24,25). The van der Waals surface area contributed by atoms with Gasteiger partial charge in [0.1, 0.15) is 16.5 Å². The summed E-state index contributed by atoms with van der Waals surface area (Å²) < 4.78 is 28.8. The molecule has 0 bridgehead atoms. The van der Waals surface area contributed by atoms with Crippen molar-refractivity contribution >= 4 is 15.8 Å². The molecule has 1 aromatic carbocycles. The molecule has 2 atom stereocenters. The minimum Gasteiger partial charge on any atom is -0.497 e. The number of anilines is 1. The highest BCUT2D eigenvalue weighted by molar-refractivity contribution is 7.89. The molecule has 2 aromatic rings. The van der Waals surface area contributed by atoms with E-state index >= 15 is 0 Å². The monoisotopic (exact) mass is 390 g/mol. The quantitative estimate of drug-likeness (QED) is 0.785. The molecule has 0 radical (unpaired) electrons. The van der Waals surface area contributed by atoms with Gasteiger partial charge in [-0.2, -0.15) is 0 Å². The number of benzene rings is 1. The molecular formula is C19H26N4O3S. The normalized spacial score (nSPS) is 21.0. The van der Waals surface area contributed by atoms with Crippen molar-refractivity contribution in [2.24, 2.45) is 11.1 Å². The minimum atomic E-state index is -3.82. The highest BCUT2D eigenvalue weighted by atomic mass is 32.2. The average Bonchev–Trinajstić information content (AvgIpc) is 2.66. The van der Waals surface area contributed by atoms with Crippen molar-refractivity contribution in [3.63, 3.8) is 0 Å². The van der Waals surface area contributed by atoms with Crippen molar-refractivity contribution in [1.82, 2.24) is 9.88 Å². The van der Waals surface area contributed by atoms with E-state index in [0.717, 1.165) is 25.1 Å². The van der Waals surface area contributed by atoms with Gasteiger partial charge >= 0.3 is 0 Å². The largest absolute Gasteiger partial charge is 0.497 e. The van der Waals surface area contributed by atoms with Gasteiger partial charge in [0, 0.05) is 18.8 Å². The number of hydrogen-bond acceptors (Lipinski definition) is 6. The maximum atomic E-state index is 11.8. The van der Waals surface area contributed by atoms with E-state index in [1.54, 1.807) is 19.4 Å². The van der Waals surface area contributed by atoms with Gasteiger partial charge in [-0.05, 0) is 62.2 Å². The maximum absolute atomic E-state index is 11.8. The number of ether oxygens (including phenoxy) is 1. The molecule has 1 aliphatic rings. The van der Waals surface area contributed by atoms with Crippen molar-refractivity contribution in [2.45, 2.75) is 23.8 Å². The van der Waals surface area contributed by atoms with Crippen LogP contribution in [0.1, 0.15) is 24.4 Å². The van der Waals surface area contributed by atoms with Crippen LogP contribution in [0.4, 0.5) is 5.82 Å². The minimum absolute atomic E-state index is 0.0233. The SMILES string of the molecule is COc1ccc(C2C(CNc3ncccc3S(N)(=O)=O)CCCN2C)cc1. The predicted molar refractivity (Wildman–Crippen MR) is 105 cm³/mol. The molecule has 3 rings (SSSR count). The lowest BCUT2D eigenvalue weighted by Gasteiger charge is -2.40. The molecule has 0 aliphatic carbocycles. The van der Waals surface area contributed by atoms with Gasteiger partial charge < -0.3 is 10.1 Å². The van der Waals surface area contributed by atoms with Gasteiger partial charge in [0.25, 0.3) is 0 Å². The molecule has 1 aromatic heterocycles. The third kappa shape index (κ3) is 4.58. The van der Waals surface area contributed by atoms with E-state index < -0.39 is 10.0 Å². The summed E-state index contributed by atoms with van der Waals surface area (Å²) in [4.78, 5) is 6.54. The van der Waals surface area contributed by atoms with E-state index in [4.69, 9.17) is 9.88 Å². The van der Waals surface area contributed by atoms with Gasteiger partial charge in [0.15, 0.2) is 0 Å². The second kappa shape index (κ2) is 8.24. The first-order chi connectivity index (χ1) is 12.9. The molecule has 0 amide bonds. The lowest BCUT2D eigenvalue weighted by Crippen LogP contribution is -2.39. The molecule has 8 heteroatoms. The van der Waals surface area contributed by atoms with Crippen LogP contribution >= 0.6 is 0 Å². The summed E-state index contributed by atoms with van der Waals surface area (Å²) in [6.07, 6.45) is 3.70. The molecular weight excluding hydrogens is 364 g/mol. The summed E-state index contributed by atoms with van der Waals surface area (Å²) in [6.45, 7) is 1.64. The fourth-order valence-corrected chi connectivity index (χ4v) is 4.44. The van der Waals surface area contributed by atoms with Crippen LogP contribution in [0.2, 0.25) is 0 Å². The van der Waals surface area contributed by atoms with Gasteiger partial charge in [0.05, 0.1) is 7.11 Å². The summed E-state index contributed by atoms with van der Waals surface area (Å²) in [5.74, 6) is 1.45. The zero-order valence-corrected chi connectivity index (χ0v) is 16.4. The van der Waals surface area contributed by atoms with Gasteiger partial charge in [-0.15, -0.1) is 0 Å². The Hall–Kier alpha value is -2.16. The molecule has 7 nitrogen and oxygen atoms in total. The summed E-state index contributed by atoms with van der Waals surface area (Å²) >= 11 is 0. The van der Waals surface area contributed by atoms with E-state index in [-0.39, 0.29) is 10.9 Å². The number of methoxy groups -OCH3 is 1. The Morgan fingerprint density at radius 1 is 1.30 bits per heavy atom. The van der Waals surface area contributed by atoms with E-state index in [2.05, 4.69) is 34.4 Å². The summed E-state index contributed by atoms with van der Waals surface area (Å²) in [7, 11) is -0.0401. The Morgan fingerprint density at radius 3 is 2.70 bits per heavy atom. The van der Waals surface area contributed by atoms with Crippen molar-refractivity contribution in [3.05, 3.63) is 48.2 Å². The van der Waals surface area contributed by atoms with E-state index in [0.29, 0.717) is 18.3 Å². The highest BCUT2D eigenvalue weighted by Crippen LogP contribution is 2.36. The Labute approximate surface area is 160 Å². The zero-order valence-electron chi connectivity index (χ0n) is 15.6. The summed E-state index contributed by atoms with van der Waals surface area (Å²) in [5.41, 5.74) is 1.22. The molecule has 2 heterocycles. The maximum Gasteiger partial charge on any atom is 0.241 e. The van der Waals surface area contributed by atoms with Crippen LogP contribution in [-0.4, -0.2) is 45.5 Å². The smallest absolute Gasteiger partial charge is 0.241 e. The number of rotatable bonds is 6. The van der Waals surface area contributed by atoms with Gasteiger partial charge in [-0.25, -0.2) is 18.5 Å². The third-order valence-electron chi connectivity index (χ3n) is 5.07. The van der Waals surface area contributed by atoms with Crippen LogP contribution in [0.25, 0.3) is 0 Å². The zero-order chi connectivity index (χ0) is 19.4. The van der Waals surface area contributed by atoms with Crippen LogP contribution in [0.15, 0.2) is 47.5 Å². The lowest BCUT2D eigenvalue weighted by molar-refractivity contribution is 0.127. The van der Waals surface area contributed by atoms with Crippen LogP contribution in [0, 0.1) is 5.92 Å². The number of aromatic nitrogens is 1. The number of pyridine rings is 1. The fourth-order valence-electron chi connectivity index (χ4n) is 3.78. The number of nitrogens with two attached hydrogens (primary N) is 1. The van der Waals surface area contributed by atoms with Gasteiger partial charge in [0.2, 0.25) is 10.0 Å². The van der Waals surface area contributed by atoms with E-state index in [1.165, 1.54) is 11.6 Å². The Kier molecular flexibility index (Phi) is 5.98. The first-order valence-corrected chi connectivity index (χ1v) is 10.5. The molecule has 1 fully saturated rings. The average molecular weight is 391 g/mol. The van der Waals surface area contributed by atoms with E-state index in [1.807, 2.05) is 12.1 Å². The molecule has 1 saturated heterocycles. The van der Waals surface area contributed by atoms with Crippen molar-refractivity contribution in [3.8, 4) is 5.75 Å². The van der Waals surface area contributed by atoms with Crippen LogP contribution in [-0.2, 0) is 10.0 Å². The number of hydrogen-bond donors (Lipinski definition) is 2. The Balaban J connectivity index is 1.80. The number of sulfonamides is 1. The lowest BCUT2D eigenvalue weighted by atomic mass is 9.85. The number of likely N-dealkylation sites (tertiary alicyclic amines) is 1. The summed E-state index contributed by atoms with van der Waals surface area (Å²) in [5, 5.41) is 8.52. The number of primary sulfonamides is 1. The third-order valence-corrected chi connectivity index (χ3v) is 6.02. The molecule has 146 valence electrons. The highest BCUT2D eigenvalue weighted by Gasteiger charge is 2.30. The number of nitrogens with zero attached hydrogens (tertiary/aromatic N) is 2. The first-order valence-electron chi connectivity index (χ1n) is 8.96. The van der Waals surface area contributed by atoms with Crippen LogP contribution in [0.3, 0.4) is 0 Å². The molecule has 0 saturated carbocycles. The second-order valence-corrected chi connectivity index (χ2v) is 8.41. The van der Waals surface area contributed by atoms with Crippen molar-refractivity contribution in [2.75, 3.05) is 32.6 Å². The van der Waals surface area contributed by atoms with Crippen molar-refractivity contribution in [1.29, 1.82) is 0 Å². The van der Waals surface area contributed by atoms with Gasteiger partial charge in [-0.3, -0.25) is 4.90 Å². The summed E-state index contributed by atoms with van der Waals surface area (Å²) in [6, 6.07) is 11.4. The van der Waals surface area contributed by atoms with Crippen LogP contribution < -0.4 is 15.2 Å². The molecule has 2 unspecified atom stereocenters. The molecule has 27 heavy (non-hydrogen) atoms. The topological polar surface area (TPSA) is 97.5 Å². The van der Waals surface area contributed by atoms with Crippen molar-refractivity contribution < 1.29 is 13.2 Å². The predicted octanol–water partition coefficient (Wildman–Crippen LogP) is 2.23. The van der Waals surface area contributed by atoms with Crippen LogP contribution in [0.5, 0.6) is 5.75 Å². The molecule has 1 aliphatic heterocycles. The second-order valence-electron chi connectivity index (χ2n) is 6.88. The molecule has 0 spiro atoms. The Morgan fingerprint density at radius 2 is 2.04 bits per heavy atom. The Bertz CT molecular complexity index is 871. The van der Waals surface area contributed by atoms with Gasteiger partial charge in [-0.1, -0.05) is 12.1 Å². The fraction of sp³-hybridized carbons (Fsp3) is 0.421.